The fourth-order valence-electron chi connectivity index (χ4n) is 2.43. The van der Waals surface area contributed by atoms with Gasteiger partial charge in [-0.05, 0) is 42.9 Å². The van der Waals surface area contributed by atoms with Gasteiger partial charge in [-0.3, -0.25) is 0 Å². The number of rotatable bonds is 6. The Balaban J connectivity index is 2.91. The zero-order valence-corrected chi connectivity index (χ0v) is 12.6. The van der Waals surface area contributed by atoms with E-state index in [9.17, 15) is 4.39 Å². The van der Waals surface area contributed by atoms with Crippen molar-refractivity contribution in [1.29, 1.82) is 0 Å². The third-order valence-corrected chi connectivity index (χ3v) is 4.25. The summed E-state index contributed by atoms with van der Waals surface area (Å²) in [6, 6.07) is 3.79. The highest BCUT2D eigenvalue weighted by Crippen LogP contribution is 2.35. The third kappa shape index (κ3) is 3.71. The van der Waals surface area contributed by atoms with Crippen LogP contribution in [-0.2, 0) is 0 Å². The summed E-state index contributed by atoms with van der Waals surface area (Å²) in [7, 11) is 0. The molecule has 0 aliphatic heterocycles. The summed E-state index contributed by atoms with van der Waals surface area (Å²) >= 11 is 6.58. The summed E-state index contributed by atoms with van der Waals surface area (Å²) in [6.45, 7) is 7.99. The van der Waals surface area contributed by atoms with E-state index in [1.165, 1.54) is 12.8 Å². The predicted octanol–water partition coefficient (Wildman–Crippen LogP) is 5.94. The number of hydrogen-bond donors (Lipinski definition) is 0. The van der Waals surface area contributed by atoms with Crippen LogP contribution in [0.2, 0.25) is 0 Å². The monoisotopic (exact) mass is 270 g/mol. The molecule has 0 aromatic heterocycles. The van der Waals surface area contributed by atoms with Crippen molar-refractivity contribution in [2.75, 3.05) is 0 Å². The van der Waals surface area contributed by atoms with Crippen molar-refractivity contribution in [2.45, 2.75) is 58.8 Å². The van der Waals surface area contributed by atoms with E-state index < -0.39 is 0 Å². The highest BCUT2D eigenvalue weighted by Gasteiger charge is 2.20. The summed E-state index contributed by atoms with van der Waals surface area (Å²) in [5.74, 6) is 0.375. The molecule has 2 atom stereocenters. The summed E-state index contributed by atoms with van der Waals surface area (Å²) < 4.78 is 13.6. The lowest BCUT2D eigenvalue weighted by atomic mass is 9.90. The first-order valence-corrected chi connectivity index (χ1v) is 7.35. The molecule has 102 valence electrons. The van der Waals surface area contributed by atoms with Gasteiger partial charge in [0.2, 0.25) is 0 Å². The van der Waals surface area contributed by atoms with E-state index in [0.29, 0.717) is 17.0 Å². The average molecular weight is 271 g/mol. The molecule has 0 aliphatic carbocycles. The maximum atomic E-state index is 13.6. The van der Waals surface area contributed by atoms with E-state index >= 15 is 0 Å². The number of halogens is 2. The number of benzene rings is 1. The van der Waals surface area contributed by atoms with E-state index in [4.69, 9.17) is 11.6 Å². The van der Waals surface area contributed by atoms with Gasteiger partial charge in [0.05, 0.1) is 5.38 Å². The summed E-state index contributed by atoms with van der Waals surface area (Å²) in [6.07, 6.45) is 4.63. The molecule has 1 rings (SSSR count). The molecule has 0 nitrogen and oxygen atoms in total. The zero-order valence-electron chi connectivity index (χ0n) is 11.9. The van der Waals surface area contributed by atoms with Crippen LogP contribution < -0.4 is 0 Å². The van der Waals surface area contributed by atoms with Crippen LogP contribution in [-0.4, -0.2) is 0 Å². The minimum absolute atomic E-state index is 0.000417. The molecule has 0 aliphatic rings. The zero-order chi connectivity index (χ0) is 13.7. The molecular weight excluding hydrogens is 247 g/mol. The molecular formula is C16H24ClF. The highest BCUT2D eigenvalue weighted by molar-refractivity contribution is 6.21. The lowest BCUT2D eigenvalue weighted by Gasteiger charge is -2.22. The first-order valence-electron chi connectivity index (χ1n) is 6.91. The first kappa shape index (κ1) is 15.5. The van der Waals surface area contributed by atoms with Gasteiger partial charge >= 0.3 is 0 Å². The Kier molecular flexibility index (Phi) is 6.14. The van der Waals surface area contributed by atoms with E-state index in [-0.39, 0.29) is 11.2 Å². The number of alkyl halides is 1. The number of hydrogen-bond acceptors (Lipinski definition) is 0. The molecule has 0 saturated carbocycles. The molecule has 0 saturated heterocycles. The summed E-state index contributed by atoms with van der Waals surface area (Å²) in [5.41, 5.74) is 2.46. The van der Waals surface area contributed by atoms with Crippen molar-refractivity contribution < 1.29 is 4.39 Å². The first-order chi connectivity index (χ1) is 8.51. The Morgan fingerprint density at radius 3 is 2.17 bits per heavy atom. The Hall–Kier alpha value is -0.560. The summed E-state index contributed by atoms with van der Waals surface area (Å²) in [4.78, 5) is 0. The summed E-state index contributed by atoms with van der Waals surface area (Å²) in [5, 5.41) is -0.000417. The van der Waals surface area contributed by atoms with Crippen LogP contribution >= 0.6 is 11.6 Å². The van der Waals surface area contributed by atoms with E-state index in [1.807, 2.05) is 26.0 Å². The topological polar surface area (TPSA) is 0 Å². The Labute approximate surface area is 116 Å². The van der Waals surface area contributed by atoms with Crippen LogP contribution in [0.25, 0.3) is 0 Å². The van der Waals surface area contributed by atoms with Crippen molar-refractivity contribution in [3.63, 3.8) is 0 Å². The fraction of sp³-hybridized carbons (Fsp3) is 0.625. The van der Waals surface area contributed by atoms with Crippen molar-refractivity contribution in [3.05, 3.63) is 34.6 Å². The molecule has 2 heteroatoms. The van der Waals surface area contributed by atoms with Gasteiger partial charge in [0.25, 0.3) is 0 Å². The molecule has 0 bridgehead atoms. The maximum Gasteiger partial charge on any atom is 0.129 e. The molecule has 1 aromatic carbocycles. The smallest absolute Gasteiger partial charge is 0.129 e. The molecule has 0 N–H and O–H groups in total. The Bertz CT molecular complexity index is 364. The predicted molar refractivity (Wildman–Crippen MR) is 77.8 cm³/mol. The van der Waals surface area contributed by atoms with E-state index in [1.54, 1.807) is 0 Å². The van der Waals surface area contributed by atoms with Crippen LogP contribution in [0.4, 0.5) is 4.39 Å². The second kappa shape index (κ2) is 7.13. The van der Waals surface area contributed by atoms with Crippen LogP contribution in [0.15, 0.2) is 12.1 Å². The van der Waals surface area contributed by atoms with Gasteiger partial charge in [0.1, 0.15) is 5.82 Å². The van der Waals surface area contributed by atoms with Gasteiger partial charge < -0.3 is 0 Å². The van der Waals surface area contributed by atoms with Gasteiger partial charge in [-0.2, -0.15) is 0 Å². The van der Waals surface area contributed by atoms with E-state index in [2.05, 4.69) is 13.8 Å². The second-order valence-corrected chi connectivity index (χ2v) is 5.65. The van der Waals surface area contributed by atoms with Crippen LogP contribution in [0.3, 0.4) is 0 Å². The van der Waals surface area contributed by atoms with Crippen molar-refractivity contribution in [1.82, 2.24) is 0 Å². The maximum absolute atomic E-state index is 13.6. The standard InChI is InChI=1S/C16H24ClF/c1-5-7-8-13(6-2)15(17)14-9-11(3)16(18)12(4)10-14/h9-10,13,15H,5-8H2,1-4H3. The largest absolute Gasteiger partial charge is 0.206 e. The van der Waals surface area contributed by atoms with Gasteiger partial charge in [-0.25, -0.2) is 4.39 Å². The molecule has 0 fully saturated rings. The average Bonchev–Trinajstić information content (AvgIpc) is 2.36. The molecule has 0 spiro atoms. The number of aryl methyl sites for hydroxylation is 2. The van der Waals surface area contributed by atoms with Crippen molar-refractivity contribution in [2.24, 2.45) is 5.92 Å². The van der Waals surface area contributed by atoms with Gasteiger partial charge in [0, 0.05) is 0 Å². The van der Waals surface area contributed by atoms with Crippen LogP contribution in [0.1, 0.15) is 61.6 Å². The lowest BCUT2D eigenvalue weighted by molar-refractivity contribution is 0.436. The second-order valence-electron chi connectivity index (χ2n) is 5.18. The molecule has 0 amide bonds. The normalized spacial score (nSPS) is 14.6. The Morgan fingerprint density at radius 2 is 1.72 bits per heavy atom. The quantitative estimate of drug-likeness (QED) is 0.561. The van der Waals surface area contributed by atoms with Crippen LogP contribution in [0.5, 0.6) is 0 Å². The lowest BCUT2D eigenvalue weighted by Crippen LogP contribution is -2.08. The minimum atomic E-state index is -0.107. The van der Waals surface area contributed by atoms with Gasteiger partial charge in [-0.15, -0.1) is 11.6 Å². The van der Waals surface area contributed by atoms with Gasteiger partial charge in [-0.1, -0.05) is 45.2 Å². The highest BCUT2D eigenvalue weighted by atomic mass is 35.5. The number of unbranched alkanes of at least 4 members (excludes halogenated alkanes) is 1. The molecule has 1 aromatic rings. The molecule has 18 heavy (non-hydrogen) atoms. The van der Waals surface area contributed by atoms with Gasteiger partial charge in [0.15, 0.2) is 0 Å². The fourth-order valence-corrected chi connectivity index (χ4v) is 2.86. The SMILES string of the molecule is CCCCC(CC)C(Cl)c1cc(C)c(F)c(C)c1. The van der Waals surface area contributed by atoms with E-state index in [0.717, 1.165) is 18.4 Å². The third-order valence-electron chi connectivity index (χ3n) is 3.64. The molecule has 0 heterocycles. The molecule has 2 unspecified atom stereocenters. The van der Waals surface area contributed by atoms with Crippen molar-refractivity contribution >= 4 is 11.6 Å². The molecule has 0 radical (unpaired) electrons. The Morgan fingerprint density at radius 1 is 1.17 bits per heavy atom. The minimum Gasteiger partial charge on any atom is -0.206 e. The van der Waals surface area contributed by atoms with Crippen molar-refractivity contribution in [3.8, 4) is 0 Å². The van der Waals surface area contributed by atoms with Crippen LogP contribution in [0, 0.1) is 25.6 Å².